The zero-order valence-electron chi connectivity index (χ0n) is 24.0. The van der Waals surface area contributed by atoms with Gasteiger partial charge in [0.15, 0.2) is 0 Å². The summed E-state index contributed by atoms with van der Waals surface area (Å²) in [7, 11) is 0. The SMILES string of the molecule is Cc1cc(C(F)(F)F)cc(C(Cc2ccccc2)(NC(=O)NC2CCCC2)c2ccc(CCCCCC(=O)O)cc2)c1. The molecule has 1 unspecified atom stereocenters. The topological polar surface area (TPSA) is 78.4 Å². The standard InChI is InChI=1S/C34H39F3N2O3/c1-24-20-28(22-29(21-24)34(35,36)37)33(23-26-11-5-2-6-12-26,39-32(42)38-30-13-8-9-14-30)27-18-16-25(17-19-27)10-4-3-7-15-31(40)41/h2,5-6,11-12,16-22,30H,3-4,7-10,13-15,23H2,1H3,(H,40,41)(H2,38,39,42). The number of urea groups is 1. The van der Waals surface area contributed by atoms with E-state index < -0.39 is 29.3 Å². The van der Waals surface area contributed by atoms with E-state index in [4.69, 9.17) is 5.11 Å². The molecule has 0 saturated heterocycles. The van der Waals surface area contributed by atoms with Crippen molar-refractivity contribution in [3.8, 4) is 0 Å². The molecule has 1 aliphatic rings. The van der Waals surface area contributed by atoms with Crippen LogP contribution in [0.15, 0.2) is 72.8 Å². The van der Waals surface area contributed by atoms with E-state index in [1.54, 1.807) is 13.0 Å². The fraction of sp³-hybridized carbons (Fsp3) is 0.412. The summed E-state index contributed by atoms with van der Waals surface area (Å²) in [5.41, 5.74) is 1.37. The highest BCUT2D eigenvalue weighted by molar-refractivity contribution is 5.76. The van der Waals surface area contributed by atoms with E-state index in [-0.39, 0.29) is 18.9 Å². The van der Waals surface area contributed by atoms with Gasteiger partial charge in [-0.05, 0) is 73.4 Å². The van der Waals surface area contributed by atoms with E-state index in [0.717, 1.165) is 68.2 Å². The first-order chi connectivity index (χ1) is 20.0. The molecule has 1 atom stereocenters. The lowest BCUT2D eigenvalue weighted by Gasteiger charge is -2.37. The number of rotatable bonds is 12. The molecule has 0 radical (unpaired) electrons. The summed E-state index contributed by atoms with van der Waals surface area (Å²) >= 11 is 0. The molecule has 3 N–H and O–H groups in total. The number of alkyl halides is 3. The molecule has 0 heterocycles. The third kappa shape index (κ3) is 8.37. The lowest BCUT2D eigenvalue weighted by Crippen LogP contribution is -2.53. The van der Waals surface area contributed by atoms with Gasteiger partial charge in [-0.2, -0.15) is 13.2 Å². The predicted molar refractivity (Wildman–Crippen MR) is 157 cm³/mol. The molecule has 2 amide bonds. The van der Waals surface area contributed by atoms with Crippen molar-refractivity contribution >= 4 is 12.0 Å². The first-order valence-electron chi connectivity index (χ1n) is 14.7. The van der Waals surface area contributed by atoms with Crippen LogP contribution in [0.5, 0.6) is 0 Å². The van der Waals surface area contributed by atoms with Gasteiger partial charge in [0, 0.05) is 18.9 Å². The van der Waals surface area contributed by atoms with Crippen LogP contribution in [0.2, 0.25) is 0 Å². The van der Waals surface area contributed by atoms with Crippen molar-refractivity contribution < 1.29 is 27.9 Å². The Morgan fingerprint density at radius 1 is 0.833 bits per heavy atom. The van der Waals surface area contributed by atoms with Gasteiger partial charge in [-0.15, -0.1) is 0 Å². The molecular formula is C34H39F3N2O3. The molecule has 0 spiro atoms. The van der Waals surface area contributed by atoms with Crippen molar-refractivity contribution in [3.63, 3.8) is 0 Å². The van der Waals surface area contributed by atoms with Gasteiger partial charge in [-0.25, -0.2) is 4.79 Å². The van der Waals surface area contributed by atoms with Crippen LogP contribution in [-0.2, 0) is 29.4 Å². The van der Waals surface area contributed by atoms with Gasteiger partial charge in [0.1, 0.15) is 0 Å². The maximum Gasteiger partial charge on any atom is 0.416 e. The highest BCUT2D eigenvalue weighted by Gasteiger charge is 2.40. The zero-order chi connectivity index (χ0) is 30.2. The summed E-state index contributed by atoms with van der Waals surface area (Å²) in [5.74, 6) is -0.802. The number of carboxylic acids is 1. The Labute approximate surface area is 245 Å². The van der Waals surface area contributed by atoms with Crippen molar-refractivity contribution in [2.75, 3.05) is 0 Å². The number of hydrogen-bond acceptors (Lipinski definition) is 2. The minimum Gasteiger partial charge on any atom is -0.481 e. The smallest absolute Gasteiger partial charge is 0.416 e. The molecule has 4 rings (SSSR count). The molecule has 5 nitrogen and oxygen atoms in total. The molecule has 3 aromatic carbocycles. The molecule has 8 heteroatoms. The number of aliphatic carboxylic acids is 1. The lowest BCUT2D eigenvalue weighted by molar-refractivity contribution is -0.138. The van der Waals surface area contributed by atoms with Crippen molar-refractivity contribution in [1.82, 2.24) is 10.6 Å². The molecular weight excluding hydrogens is 541 g/mol. The lowest BCUT2D eigenvalue weighted by atomic mass is 9.76. The number of aryl methyl sites for hydroxylation is 2. The summed E-state index contributed by atoms with van der Waals surface area (Å²) in [4.78, 5) is 24.3. The molecule has 3 aromatic rings. The molecule has 0 aromatic heterocycles. The second kappa shape index (κ2) is 13.9. The first-order valence-corrected chi connectivity index (χ1v) is 14.7. The molecule has 1 aliphatic carbocycles. The van der Waals surface area contributed by atoms with Gasteiger partial charge in [0.05, 0.1) is 11.1 Å². The van der Waals surface area contributed by atoms with Crippen molar-refractivity contribution in [2.45, 2.75) is 88.9 Å². The third-order valence-electron chi connectivity index (χ3n) is 8.03. The molecule has 1 saturated carbocycles. The van der Waals surface area contributed by atoms with Crippen molar-refractivity contribution in [1.29, 1.82) is 0 Å². The van der Waals surface area contributed by atoms with E-state index in [2.05, 4.69) is 10.6 Å². The van der Waals surface area contributed by atoms with E-state index >= 15 is 0 Å². The third-order valence-corrected chi connectivity index (χ3v) is 8.03. The Morgan fingerprint density at radius 2 is 1.50 bits per heavy atom. The molecule has 0 aliphatic heterocycles. The van der Waals surface area contributed by atoms with Crippen LogP contribution < -0.4 is 10.6 Å². The van der Waals surface area contributed by atoms with E-state index in [0.29, 0.717) is 23.1 Å². The van der Waals surface area contributed by atoms with E-state index in [9.17, 15) is 22.8 Å². The highest BCUT2D eigenvalue weighted by atomic mass is 19.4. The number of nitrogens with one attached hydrogen (secondary N) is 2. The molecule has 1 fully saturated rings. The zero-order valence-corrected chi connectivity index (χ0v) is 24.0. The molecule has 42 heavy (non-hydrogen) atoms. The Morgan fingerprint density at radius 3 is 2.14 bits per heavy atom. The van der Waals surface area contributed by atoms with Crippen LogP contribution in [-0.4, -0.2) is 23.1 Å². The maximum atomic E-state index is 14.0. The van der Waals surface area contributed by atoms with Crippen LogP contribution in [0.25, 0.3) is 0 Å². The maximum absolute atomic E-state index is 14.0. The predicted octanol–water partition coefficient (Wildman–Crippen LogP) is 7.93. The van der Waals surface area contributed by atoms with Crippen LogP contribution in [0.4, 0.5) is 18.0 Å². The summed E-state index contributed by atoms with van der Waals surface area (Å²) < 4.78 is 42.1. The number of amides is 2. The average molecular weight is 581 g/mol. The van der Waals surface area contributed by atoms with E-state index in [1.165, 1.54) is 0 Å². The second-order valence-corrected chi connectivity index (χ2v) is 11.4. The van der Waals surface area contributed by atoms with Gasteiger partial charge in [-0.1, -0.05) is 85.5 Å². The molecule has 0 bridgehead atoms. The fourth-order valence-corrected chi connectivity index (χ4v) is 5.88. The van der Waals surface area contributed by atoms with Crippen LogP contribution in [0, 0.1) is 6.92 Å². The molecule has 224 valence electrons. The minimum atomic E-state index is -4.55. The number of carbonyl (C=O) groups is 2. The number of unbranched alkanes of at least 4 members (excludes halogenated alkanes) is 2. The van der Waals surface area contributed by atoms with E-state index in [1.807, 2.05) is 54.6 Å². The Balaban J connectivity index is 1.75. The summed E-state index contributed by atoms with van der Waals surface area (Å²) in [5, 5.41) is 15.1. The van der Waals surface area contributed by atoms with Gasteiger partial charge in [0.25, 0.3) is 0 Å². The fourth-order valence-electron chi connectivity index (χ4n) is 5.88. The largest absolute Gasteiger partial charge is 0.481 e. The van der Waals surface area contributed by atoms with Gasteiger partial charge in [0.2, 0.25) is 0 Å². The minimum absolute atomic E-state index is 0.0335. The van der Waals surface area contributed by atoms with Crippen molar-refractivity contribution in [3.05, 3.63) is 106 Å². The van der Waals surface area contributed by atoms with Crippen LogP contribution in [0.3, 0.4) is 0 Å². The van der Waals surface area contributed by atoms with Gasteiger partial charge < -0.3 is 15.7 Å². The number of hydrogen-bond donors (Lipinski definition) is 3. The van der Waals surface area contributed by atoms with Gasteiger partial charge >= 0.3 is 18.2 Å². The van der Waals surface area contributed by atoms with Crippen LogP contribution >= 0.6 is 0 Å². The number of carbonyl (C=O) groups excluding carboxylic acids is 1. The number of halogens is 3. The number of carboxylic acid groups (broad SMARTS) is 1. The quantitative estimate of drug-likeness (QED) is 0.190. The summed E-state index contributed by atoms with van der Waals surface area (Å²) in [6, 6.07) is 20.8. The Bertz CT molecular complexity index is 1340. The monoisotopic (exact) mass is 580 g/mol. The van der Waals surface area contributed by atoms with Crippen LogP contribution in [0.1, 0.15) is 84.7 Å². The Hall–Kier alpha value is -3.81. The van der Waals surface area contributed by atoms with Crippen molar-refractivity contribution in [2.24, 2.45) is 0 Å². The average Bonchev–Trinajstić information content (AvgIpc) is 3.45. The van der Waals surface area contributed by atoms with Gasteiger partial charge in [-0.3, -0.25) is 4.79 Å². The number of benzene rings is 3. The highest BCUT2D eigenvalue weighted by Crippen LogP contribution is 2.38. The second-order valence-electron chi connectivity index (χ2n) is 11.4. The first kappa shape index (κ1) is 31.1. The summed E-state index contributed by atoms with van der Waals surface area (Å²) in [6.45, 7) is 1.64. The summed E-state index contributed by atoms with van der Waals surface area (Å²) in [6.07, 6.45) is 2.66. The normalized spacial score (nSPS) is 15.2. The Kier molecular flexibility index (Phi) is 10.3.